The number of nitrogens with zero attached hydrogens (tertiary/aromatic N) is 3. The van der Waals surface area contributed by atoms with Gasteiger partial charge in [0, 0.05) is 57.2 Å². The van der Waals surface area contributed by atoms with Gasteiger partial charge in [-0.15, -0.1) is 0 Å². The van der Waals surface area contributed by atoms with E-state index < -0.39 is 12.1 Å². The molecule has 10 heteroatoms. The third kappa shape index (κ3) is 6.83. The van der Waals surface area contributed by atoms with Crippen molar-refractivity contribution in [3.63, 3.8) is 0 Å². The van der Waals surface area contributed by atoms with E-state index in [0.29, 0.717) is 17.6 Å². The van der Waals surface area contributed by atoms with Crippen LogP contribution in [0, 0.1) is 0 Å². The highest BCUT2D eigenvalue weighted by Gasteiger charge is 2.38. The number of alkyl halides is 3. The van der Waals surface area contributed by atoms with Gasteiger partial charge in [-0.2, -0.15) is 13.2 Å². The summed E-state index contributed by atoms with van der Waals surface area (Å²) in [4.78, 5) is 25.5. The van der Waals surface area contributed by atoms with Gasteiger partial charge in [0.05, 0.1) is 12.7 Å². The number of methoxy groups -OCH3 is 1. The number of ether oxygens (including phenoxy) is 1. The van der Waals surface area contributed by atoms with Crippen LogP contribution in [0.5, 0.6) is 0 Å². The number of piperazine rings is 1. The molecular formula is C18H28F3N3O4. The standard InChI is InChI=1S/C16H27N3O2.C2HF3O2/c1-12(2)19-7-6-18(9-13(19)3)11-15-8-14(10-17(15)4)16(20)21-5;3-2(4,5)1(6)7/h8,10,12-13H,6-7,9,11H2,1-5H3;(H,6,7)/t13-;/m1./s1. The number of carbonyl (C=O) groups excluding carboxylic acids is 1. The van der Waals surface area contributed by atoms with E-state index in [4.69, 9.17) is 14.6 Å². The minimum atomic E-state index is -5.08. The number of aromatic nitrogens is 1. The maximum absolute atomic E-state index is 11.6. The van der Waals surface area contributed by atoms with Crippen molar-refractivity contribution in [2.24, 2.45) is 7.05 Å². The van der Waals surface area contributed by atoms with Crippen molar-refractivity contribution in [2.45, 2.75) is 45.6 Å². The van der Waals surface area contributed by atoms with Gasteiger partial charge >= 0.3 is 18.1 Å². The molecule has 1 N–H and O–H groups in total. The van der Waals surface area contributed by atoms with Crippen LogP contribution in [0.15, 0.2) is 12.3 Å². The van der Waals surface area contributed by atoms with Crippen molar-refractivity contribution >= 4 is 11.9 Å². The lowest BCUT2D eigenvalue weighted by molar-refractivity contribution is -0.192. The molecule has 0 spiro atoms. The van der Waals surface area contributed by atoms with Crippen LogP contribution in [0.25, 0.3) is 0 Å². The molecule has 1 saturated heterocycles. The molecule has 2 rings (SSSR count). The minimum Gasteiger partial charge on any atom is -0.475 e. The molecule has 160 valence electrons. The number of esters is 1. The summed E-state index contributed by atoms with van der Waals surface area (Å²) in [6.07, 6.45) is -3.24. The Morgan fingerprint density at radius 3 is 2.32 bits per heavy atom. The topological polar surface area (TPSA) is 75.0 Å². The molecule has 0 unspecified atom stereocenters. The highest BCUT2D eigenvalue weighted by molar-refractivity contribution is 5.89. The molecule has 0 aromatic carbocycles. The molecule has 2 heterocycles. The summed E-state index contributed by atoms with van der Waals surface area (Å²) < 4.78 is 38.5. The third-order valence-electron chi connectivity index (χ3n) is 4.58. The number of halogens is 3. The molecule has 1 aliphatic heterocycles. The number of aliphatic carboxylic acids is 1. The number of hydrogen-bond donors (Lipinski definition) is 1. The van der Waals surface area contributed by atoms with E-state index in [9.17, 15) is 18.0 Å². The van der Waals surface area contributed by atoms with Gasteiger partial charge in [0.1, 0.15) is 0 Å². The lowest BCUT2D eigenvalue weighted by Crippen LogP contribution is -2.53. The number of carboxylic acid groups (broad SMARTS) is 1. The van der Waals surface area contributed by atoms with E-state index in [0.717, 1.165) is 31.9 Å². The van der Waals surface area contributed by atoms with Crippen LogP contribution < -0.4 is 0 Å². The monoisotopic (exact) mass is 407 g/mol. The Hall–Kier alpha value is -2.07. The molecule has 0 radical (unpaired) electrons. The first-order valence-corrected chi connectivity index (χ1v) is 8.88. The van der Waals surface area contributed by atoms with Crippen LogP contribution in [-0.2, 0) is 23.1 Å². The van der Waals surface area contributed by atoms with Gasteiger partial charge in [-0.1, -0.05) is 0 Å². The van der Waals surface area contributed by atoms with Crippen LogP contribution >= 0.6 is 0 Å². The molecule has 0 aliphatic carbocycles. The molecule has 1 aliphatic rings. The van der Waals surface area contributed by atoms with Gasteiger partial charge in [-0.25, -0.2) is 9.59 Å². The van der Waals surface area contributed by atoms with E-state index in [1.54, 1.807) is 0 Å². The van der Waals surface area contributed by atoms with E-state index in [1.165, 1.54) is 7.11 Å². The molecule has 1 fully saturated rings. The maximum atomic E-state index is 11.6. The van der Waals surface area contributed by atoms with Gasteiger partial charge in [0.15, 0.2) is 0 Å². The normalized spacial score (nSPS) is 18.5. The largest absolute Gasteiger partial charge is 0.490 e. The molecular weight excluding hydrogens is 379 g/mol. The first kappa shape index (κ1) is 24.0. The van der Waals surface area contributed by atoms with Gasteiger partial charge in [-0.05, 0) is 26.8 Å². The van der Waals surface area contributed by atoms with E-state index in [1.807, 2.05) is 23.9 Å². The van der Waals surface area contributed by atoms with E-state index in [-0.39, 0.29) is 5.97 Å². The third-order valence-corrected chi connectivity index (χ3v) is 4.58. The zero-order valence-electron chi connectivity index (χ0n) is 16.8. The average molecular weight is 407 g/mol. The van der Waals surface area contributed by atoms with Crippen LogP contribution in [0.4, 0.5) is 13.2 Å². The van der Waals surface area contributed by atoms with Crippen molar-refractivity contribution in [3.8, 4) is 0 Å². The average Bonchev–Trinajstić information content (AvgIpc) is 2.94. The van der Waals surface area contributed by atoms with Gasteiger partial charge in [0.25, 0.3) is 0 Å². The molecule has 1 aromatic heterocycles. The van der Waals surface area contributed by atoms with E-state index >= 15 is 0 Å². The minimum absolute atomic E-state index is 0.269. The van der Waals surface area contributed by atoms with Crippen LogP contribution in [0.1, 0.15) is 36.8 Å². The fourth-order valence-electron chi connectivity index (χ4n) is 3.18. The summed E-state index contributed by atoms with van der Waals surface area (Å²) in [5.41, 5.74) is 1.78. The predicted molar refractivity (Wildman–Crippen MR) is 97.0 cm³/mol. The molecule has 0 amide bonds. The molecule has 28 heavy (non-hydrogen) atoms. The first-order chi connectivity index (χ1) is 12.9. The molecule has 1 atom stereocenters. The number of carboxylic acids is 1. The summed E-state index contributed by atoms with van der Waals surface area (Å²) in [5, 5.41) is 7.12. The number of aryl methyl sites for hydroxylation is 1. The Kier molecular flexibility index (Phi) is 8.49. The summed E-state index contributed by atoms with van der Waals surface area (Å²) >= 11 is 0. The van der Waals surface area contributed by atoms with Crippen LogP contribution in [-0.4, -0.2) is 76.4 Å². The van der Waals surface area contributed by atoms with Gasteiger partial charge < -0.3 is 14.4 Å². The summed E-state index contributed by atoms with van der Waals surface area (Å²) in [6, 6.07) is 3.10. The zero-order chi connectivity index (χ0) is 21.6. The second-order valence-electron chi connectivity index (χ2n) is 7.04. The van der Waals surface area contributed by atoms with Crippen LogP contribution in [0.3, 0.4) is 0 Å². The Morgan fingerprint density at radius 1 is 1.32 bits per heavy atom. The fraction of sp³-hybridized carbons (Fsp3) is 0.667. The van der Waals surface area contributed by atoms with Crippen molar-refractivity contribution in [1.29, 1.82) is 0 Å². The van der Waals surface area contributed by atoms with E-state index in [2.05, 4.69) is 30.6 Å². The van der Waals surface area contributed by atoms with Crippen LogP contribution in [0.2, 0.25) is 0 Å². The highest BCUT2D eigenvalue weighted by atomic mass is 19.4. The van der Waals surface area contributed by atoms with Crippen molar-refractivity contribution < 1.29 is 32.6 Å². The maximum Gasteiger partial charge on any atom is 0.490 e. The lowest BCUT2D eigenvalue weighted by Gasteiger charge is -2.42. The SMILES string of the molecule is COC(=O)c1cc(CN2CCN(C(C)C)[C@H](C)C2)n(C)c1.O=C(O)C(F)(F)F. The molecule has 0 bridgehead atoms. The first-order valence-electron chi connectivity index (χ1n) is 8.88. The summed E-state index contributed by atoms with van der Waals surface area (Å²) in [6.45, 7) is 10.9. The Bertz CT molecular complexity index is 674. The fourth-order valence-corrected chi connectivity index (χ4v) is 3.18. The second-order valence-corrected chi connectivity index (χ2v) is 7.04. The number of rotatable bonds is 4. The summed E-state index contributed by atoms with van der Waals surface area (Å²) in [7, 11) is 3.40. The lowest BCUT2D eigenvalue weighted by atomic mass is 10.1. The second kappa shape index (κ2) is 9.92. The van der Waals surface area contributed by atoms with Gasteiger partial charge in [-0.3, -0.25) is 9.80 Å². The Morgan fingerprint density at radius 2 is 1.89 bits per heavy atom. The van der Waals surface area contributed by atoms with Crippen molar-refractivity contribution in [1.82, 2.24) is 14.4 Å². The highest BCUT2D eigenvalue weighted by Crippen LogP contribution is 2.17. The van der Waals surface area contributed by atoms with Gasteiger partial charge in [0.2, 0.25) is 0 Å². The molecule has 0 saturated carbocycles. The Balaban J connectivity index is 0.000000480. The number of carbonyl (C=O) groups is 2. The predicted octanol–water partition coefficient (Wildman–Crippen LogP) is 2.36. The number of hydrogen-bond acceptors (Lipinski definition) is 5. The Labute approximate surface area is 162 Å². The molecule has 1 aromatic rings. The quantitative estimate of drug-likeness (QED) is 0.773. The van der Waals surface area contributed by atoms with Crippen molar-refractivity contribution in [3.05, 3.63) is 23.5 Å². The molecule has 7 nitrogen and oxygen atoms in total. The smallest absolute Gasteiger partial charge is 0.475 e. The summed E-state index contributed by atoms with van der Waals surface area (Å²) in [5.74, 6) is -3.03. The zero-order valence-corrected chi connectivity index (χ0v) is 16.8. The van der Waals surface area contributed by atoms with Crippen molar-refractivity contribution in [2.75, 3.05) is 26.7 Å².